The molecule has 0 aromatic carbocycles. The minimum atomic E-state index is -1.76. The first-order valence-electron chi connectivity index (χ1n) is 8.95. The molecule has 0 bridgehead atoms. The van der Waals surface area contributed by atoms with Crippen LogP contribution in [0.25, 0.3) is 11.4 Å². The number of ether oxygens (including phenoxy) is 4. The third-order valence-electron chi connectivity index (χ3n) is 4.55. The van der Waals surface area contributed by atoms with E-state index in [2.05, 4.69) is 25.9 Å². The molecule has 0 amide bonds. The Kier molecular flexibility index (Phi) is 6.14. The molecular formula is C18H18BrN5O7. The molecule has 3 heterocycles. The van der Waals surface area contributed by atoms with Crippen LogP contribution in [0.1, 0.15) is 26.3 Å². The number of halogens is 1. The topological polar surface area (TPSA) is 169 Å². The molecule has 1 unspecified atom stereocenters. The average molecular weight is 496 g/mol. The number of nitrogens with zero attached hydrogens (tertiary/aromatic N) is 4. The fourth-order valence-electron chi connectivity index (χ4n) is 3.42. The molecule has 164 valence electrons. The number of hydrogen-bond donors (Lipinski definition) is 1. The lowest BCUT2D eigenvalue weighted by Crippen LogP contribution is -2.53. The fraction of sp³-hybridized carbons (Fsp3) is 0.444. The molecule has 12 nitrogen and oxygen atoms in total. The lowest BCUT2D eigenvalue weighted by Gasteiger charge is -2.36. The summed E-state index contributed by atoms with van der Waals surface area (Å²) < 4.78 is 23.3. The third-order valence-corrected chi connectivity index (χ3v) is 5.12. The van der Waals surface area contributed by atoms with Crippen molar-refractivity contribution in [2.45, 2.75) is 38.7 Å². The van der Waals surface area contributed by atoms with Crippen LogP contribution in [0.3, 0.4) is 0 Å². The summed E-state index contributed by atoms with van der Waals surface area (Å²) in [4.78, 5) is 43.6. The van der Waals surface area contributed by atoms with E-state index in [1.165, 1.54) is 31.7 Å². The Bertz CT molecular complexity index is 1060. The lowest BCUT2D eigenvalue weighted by molar-refractivity contribution is -0.197. The average Bonchev–Trinajstić information content (AvgIpc) is 3.18. The van der Waals surface area contributed by atoms with Crippen LogP contribution in [-0.2, 0) is 39.1 Å². The van der Waals surface area contributed by atoms with Gasteiger partial charge in [0, 0.05) is 20.8 Å². The number of fused-ring (bicyclic) bond motifs is 1. The number of carbonyl (C=O) groups is 3. The number of esters is 3. The van der Waals surface area contributed by atoms with Crippen molar-refractivity contribution in [2.24, 2.45) is 0 Å². The summed E-state index contributed by atoms with van der Waals surface area (Å²) in [5.74, 6) is -1.80. The molecule has 31 heavy (non-hydrogen) atoms. The van der Waals surface area contributed by atoms with Gasteiger partial charge in [-0.1, -0.05) is 0 Å². The van der Waals surface area contributed by atoms with Crippen LogP contribution in [0.5, 0.6) is 0 Å². The Hall–Kier alpha value is -3.24. The van der Waals surface area contributed by atoms with Crippen LogP contribution in [-0.4, -0.2) is 57.9 Å². The van der Waals surface area contributed by atoms with Gasteiger partial charge in [0.25, 0.3) is 5.72 Å². The van der Waals surface area contributed by atoms with Crippen LogP contribution < -0.4 is 5.73 Å². The molecule has 0 saturated carbocycles. The predicted molar refractivity (Wildman–Crippen MR) is 105 cm³/mol. The number of nitrogens with two attached hydrogens (primary N) is 1. The third kappa shape index (κ3) is 4.04. The van der Waals surface area contributed by atoms with E-state index >= 15 is 0 Å². The van der Waals surface area contributed by atoms with E-state index in [0.717, 1.165) is 0 Å². The van der Waals surface area contributed by atoms with Gasteiger partial charge >= 0.3 is 17.9 Å². The van der Waals surface area contributed by atoms with E-state index in [1.54, 1.807) is 0 Å². The Balaban J connectivity index is 2.21. The number of rotatable bonds is 5. The molecule has 2 N–H and O–H groups in total. The van der Waals surface area contributed by atoms with Crippen molar-refractivity contribution in [3.63, 3.8) is 0 Å². The fourth-order valence-corrected chi connectivity index (χ4v) is 3.87. The second kappa shape index (κ2) is 8.48. The van der Waals surface area contributed by atoms with Gasteiger partial charge in [-0.15, -0.1) is 0 Å². The summed E-state index contributed by atoms with van der Waals surface area (Å²) in [5, 5.41) is 9.49. The second-order valence-corrected chi connectivity index (χ2v) is 7.46. The predicted octanol–water partition coefficient (Wildman–Crippen LogP) is 0.709. The largest absolute Gasteiger partial charge is 0.463 e. The Morgan fingerprint density at radius 3 is 2.65 bits per heavy atom. The Morgan fingerprint density at radius 1 is 1.35 bits per heavy atom. The van der Waals surface area contributed by atoms with Crippen molar-refractivity contribution >= 4 is 39.7 Å². The van der Waals surface area contributed by atoms with Gasteiger partial charge in [0.15, 0.2) is 11.9 Å². The van der Waals surface area contributed by atoms with E-state index < -0.39 is 35.8 Å². The van der Waals surface area contributed by atoms with E-state index in [4.69, 9.17) is 24.7 Å². The number of hydrogen-bond acceptors (Lipinski definition) is 11. The van der Waals surface area contributed by atoms with E-state index in [0.29, 0.717) is 0 Å². The van der Waals surface area contributed by atoms with Crippen molar-refractivity contribution in [2.75, 3.05) is 18.9 Å². The van der Waals surface area contributed by atoms with Crippen LogP contribution in [0.4, 0.5) is 5.82 Å². The minimum Gasteiger partial charge on any atom is -0.463 e. The Labute approximate surface area is 184 Å². The second-order valence-electron chi connectivity index (χ2n) is 6.71. The quantitative estimate of drug-likeness (QED) is 0.457. The monoisotopic (exact) mass is 495 g/mol. The number of nitrogen functional groups attached to an aromatic ring is 1. The highest BCUT2D eigenvalue weighted by atomic mass is 79.9. The molecule has 0 aliphatic carbocycles. The zero-order valence-electron chi connectivity index (χ0n) is 16.7. The molecule has 1 saturated heterocycles. The van der Waals surface area contributed by atoms with Crippen LogP contribution in [0, 0.1) is 11.3 Å². The summed E-state index contributed by atoms with van der Waals surface area (Å²) in [6, 6.07) is 1.99. The van der Waals surface area contributed by atoms with Crippen molar-refractivity contribution in [3.8, 4) is 17.5 Å². The van der Waals surface area contributed by atoms with Gasteiger partial charge in [0.2, 0.25) is 0 Å². The molecule has 3 atom stereocenters. The van der Waals surface area contributed by atoms with Crippen LogP contribution in [0.2, 0.25) is 0 Å². The van der Waals surface area contributed by atoms with Gasteiger partial charge < -0.3 is 24.7 Å². The zero-order valence-corrected chi connectivity index (χ0v) is 18.3. The highest BCUT2D eigenvalue weighted by molar-refractivity contribution is 9.10. The standard InChI is InChI=1S/C18H18BrN5O7/c1-8(25)28-5-12-14(30-9(2)26)18(6-29-12,31-10(3)27)24-7-22-16(21)13-11(4-20)15(19)23-17(13)24/h7,12,14H,5-6,21H2,1-3H3/t12-,14?,18-/m0/s1. The zero-order chi connectivity index (χ0) is 22.9. The van der Waals surface area contributed by atoms with Crippen molar-refractivity contribution in [3.05, 3.63) is 16.5 Å². The highest BCUT2D eigenvalue weighted by Crippen LogP contribution is 2.42. The first-order valence-corrected chi connectivity index (χ1v) is 9.74. The van der Waals surface area contributed by atoms with Crippen molar-refractivity contribution < 1.29 is 33.3 Å². The van der Waals surface area contributed by atoms with Crippen molar-refractivity contribution in [1.82, 2.24) is 14.5 Å². The molecule has 0 spiro atoms. The Morgan fingerprint density at radius 2 is 2.06 bits per heavy atom. The summed E-state index contributed by atoms with van der Waals surface area (Å²) >= 11 is 3.21. The molecule has 13 heteroatoms. The van der Waals surface area contributed by atoms with Gasteiger partial charge in [-0.2, -0.15) is 5.26 Å². The van der Waals surface area contributed by atoms with E-state index in [9.17, 15) is 19.6 Å². The van der Waals surface area contributed by atoms with Crippen molar-refractivity contribution in [1.29, 1.82) is 5.26 Å². The normalized spacial score (nSPS) is 22.7. The maximum Gasteiger partial charge on any atom is 0.304 e. The van der Waals surface area contributed by atoms with Gasteiger partial charge in [-0.05, 0) is 15.9 Å². The number of carbonyl (C=O) groups excluding carboxylic acids is 3. The highest BCUT2D eigenvalue weighted by Gasteiger charge is 2.58. The molecule has 3 aliphatic rings. The maximum atomic E-state index is 12.1. The smallest absolute Gasteiger partial charge is 0.304 e. The van der Waals surface area contributed by atoms with Gasteiger partial charge in [-0.25, -0.2) is 9.97 Å². The summed E-state index contributed by atoms with van der Waals surface area (Å²) in [5.41, 5.74) is 4.56. The first-order chi connectivity index (χ1) is 14.6. The summed E-state index contributed by atoms with van der Waals surface area (Å²) in [6.45, 7) is 3.01. The van der Waals surface area contributed by atoms with Gasteiger partial charge in [0.05, 0.1) is 11.1 Å². The van der Waals surface area contributed by atoms with Crippen LogP contribution >= 0.6 is 15.9 Å². The van der Waals surface area contributed by atoms with Gasteiger partial charge in [-0.3, -0.25) is 19.0 Å². The number of anilines is 1. The first kappa shape index (κ1) is 22.4. The molecule has 0 radical (unpaired) electrons. The lowest BCUT2D eigenvalue weighted by atomic mass is 10.0. The summed E-state index contributed by atoms with van der Waals surface area (Å²) in [7, 11) is 0. The molecule has 1 fully saturated rings. The van der Waals surface area contributed by atoms with E-state index in [1.807, 2.05) is 6.07 Å². The number of nitriles is 1. The maximum absolute atomic E-state index is 12.1. The van der Waals surface area contributed by atoms with Gasteiger partial charge in [0.1, 0.15) is 42.1 Å². The van der Waals surface area contributed by atoms with E-state index in [-0.39, 0.29) is 40.6 Å². The molecule has 3 rings (SSSR count). The molecule has 0 aromatic rings. The van der Waals surface area contributed by atoms with Crippen LogP contribution in [0.15, 0.2) is 10.9 Å². The summed E-state index contributed by atoms with van der Waals surface area (Å²) in [6.07, 6.45) is -0.941. The number of aromatic nitrogens is 3. The molecule has 3 aliphatic heterocycles. The minimum absolute atomic E-state index is 0.0263. The SMILES string of the molecule is CC(=O)OC[C@@H]1OC[C@@](OC(C)=O)(n2cnc(N)c3c(C#N)c(Br)nc2-3)C1OC(C)=O. The molecule has 0 aromatic heterocycles. The molecular weight excluding hydrogens is 478 g/mol.